The van der Waals surface area contributed by atoms with Gasteiger partial charge >= 0.3 is 5.97 Å². The number of aromatic carboxylic acids is 1. The van der Waals surface area contributed by atoms with Crippen LogP contribution in [0.25, 0.3) is 10.9 Å². The van der Waals surface area contributed by atoms with Crippen LogP contribution in [0.3, 0.4) is 0 Å². The van der Waals surface area contributed by atoms with Crippen LogP contribution in [0.15, 0.2) is 42.6 Å². The van der Waals surface area contributed by atoms with Crippen LogP contribution < -0.4 is 4.74 Å². The number of methoxy groups -OCH3 is 1. The molecule has 2 fully saturated rings. The Kier molecular flexibility index (Phi) is 5.43. The van der Waals surface area contributed by atoms with Crippen molar-refractivity contribution in [3.63, 3.8) is 0 Å². The normalized spacial score (nSPS) is 24.0. The number of nitrogens with one attached hydrogen (secondary N) is 1. The van der Waals surface area contributed by atoms with Gasteiger partial charge in [-0.3, -0.25) is 9.80 Å². The number of fused-ring (bicyclic) bond motifs is 2. The van der Waals surface area contributed by atoms with E-state index >= 15 is 0 Å². The van der Waals surface area contributed by atoms with E-state index in [1.165, 1.54) is 34.9 Å². The molecule has 0 unspecified atom stereocenters. The summed E-state index contributed by atoms with van der Waals surface area (Å²) < 4.78 is 5.82. The zero-order valence-electron chi connectivity index (χ0n) is 19.0. The van der Waals surface area contributed by atoms with Gasteiger partial charge in [0.25, 0.3) is 0 Å². The lowest BCUT2D eigenvalue weighted by Gasteiger charge is -2.45. The van der Waals surface area contributed by atoms with Crippen molar-refractivity contribution in [3.05, 3.63) is 64.8 Å². The van der Waals surface area contributed by atoms with Gasteiger partial charge in [-0.2, -0.15) is 0 Å². The topological polar surface area (TPSA) is 68.8 Å². The van der Waals surface area contributed by atoms with E-state index < -0.39 is 5.97 Å². The second kappa shape index (κ2) is 8.26. The van der Waals surface area contributed by atoms with E-state index in [2.05, 4.69) is 40.8 Å². The summed E-state index contributed by atoms with van der Waals surface area (Å²) in [5, 5.41) is 10.5. The van der Waals surface area contributed by atoms with Gasteiger partial charge in [0.15, 0.2) is 0 Å². The third kappa shape index (κ3) is 3.57. The number of benzene rings is 2. The summed E-state index contributed by atoms with van der Waals surface area (Å²) in [7, 11) is 1.75. The van der Waals surface area contributed by atoms with Crippen molar-refractivity contribution >= 4 is 16.9 Å². The summed E-state index contributed by atoms with van der Waals surface area (Å²) in [4.78, 5) is 19.9. The van der Waals surface area contributed by atoms with Crippen LogP contribution in [-0.2, 0) is 6.54 Å². The van der Waals surface area contributed by atoms with Crippen molar-refractivity contribution in [1.29, 1.82) is 0 Å². The maximum absolute atomic E-state index is 11.3. The molecule has 5 rings (SSSR count). The Balaban J connectivity index is 1.53. The number of piperazine rings is 1. The highest BCUT2D eigenvalue weighted by atomic mass is 16.5. The van der Waals surface area contributed by atoms with E-state index in [1.54, 1.807) is 19.2 Å². The van der Waals surface area contributed by atoms with E-state index in [0.29, 0.717) is 17.6 Å². The first kappa shape index (κ1) is 21.0. The third-order valence-electron chi connectivity index (χ3n) is 7.46. The molecule has 3 atom stereocenters. The van der Waals surface area contributed by atoms with Gasteiger partial charge in [0.1, 0.15) is 5.75 Å². The number of aryl methyl sites for hydroxylation is 1. The second-order valence-corrected chi connectivity index (χ2v) is 9.29. The number of carbonyl (C=O) groups is 1. The van der Waals surface area contributed by atoms with Crippen molar-refractivity contribution in [3.8, 4) is 5.75 Å². The minimum Gasteiger partial charge on any atom is -0.496 e. The van der Waals surface area contributed by atoms with Crippen molar-refractivity contribution in [2.45, 2.75) is 51.4 Å². The summed E-state index contributed by atoms with van der Waals surface area (Å²) in [6, 6.07) is 13.1. The molecule has 3 heterocycles. The number of hydrogen-bond donors (Lipinski definition) is 2. The van der Waals surface area contributed by atoms with E-state index in [9.17, 15) is 9.90 Å². The predicted molar refractivity (Wildman–Crippen MR) is 125 cm³/mol. The number of ether oxygens (including phenoxy) is 1. The van der Waals surface area contributed by atoms with Crippen molar-refractivity contribution < 1.29 is 14.6 Å². The lowest BCUT2D eigenvalue weighted by Crippen LogP contribution is -2.53. The van der Waals surface area contributed by atoms with Gasteiger partial charge in [-0.15, -0.1) is 0 Å². The molecular formula is C26H31N3O3. The van der Waals surface area contributed by atoms with Gasteiger partial charge in [0.05, 0.1) is 12.7 Å². The highest BCUT2D eigenvalue weighted by Gasteiger charge is 2.40. The van der Waals surface area contributed by atoms with Crippen LogP contribution in [0.1, 0.15) is 52.9 Å². The SMILES string of the molecule is COc1cc(C)c2[nH]ccc2c1CN1C[C@@H]2CC[C@H](C)N2C[C@H]1c1ccc(C(=O)O)cc1. The molecular weight excluding hydrogens is 402 g/mol. The van der Waals surface area contributed by atoms with Crippen LogP contribution in [0.4, 0.5) is 0 Å². The average Bonchev–Trinajstić information content (AvgIpc) is 3.42. The van der Waals surface area contributed by atoms with Crippen LogP contribution in [0.2, 0.25) is 0 Å². The molecule has 2 N–H and O–H groups in total. The number of carboxylic acid groups (broad SMARTS) is 1. The Morgan fingerprint density at radius 3 is 2.69 bits per heavy atom. The highest BCUT2D eigenvalue weighted by molar-refractivity contribution is 5.88. The zero-order chi connectivity index (χ0) is 22.4. The number of hydrogen-bond acceptors (Lipinski definition) is 4. The number of nitrogens with zero attached hydrogens (tertiary/aromatic N) is 2. The molecule has 32 heavy (non-hydrogen) atoms. The Morgan fingerprint density at radius 1 is 1.19 bits per heavy atom. The monoisotopic (exact) mass is 433 g/mol. The second-order valence-electron chi connectivity index (χ2n) is 9.29. The fourth-order valence-corrected chi connectivity index (χ4v) is 5.69. The molecule has 0 saturated carbocycles. The number of aromatic amines is 1. The standard InChI is InChI=1S/C26H31N3O3/c1-16-12-24(32-3)22(21-10-11-27-25(16)21)14-28-13-20-9-4-17(2)29(20)15-23(28)18-5-7-19(8-6-18)26(30)31/h5-8,10-12,17,20,23,27H,4,9,13-15H2,1-3H3,(H,30,31)/t17-,20-,23-/m0/s1. The largest absolute Gasteiger partial charge is 0.496 e. The number of aromatic nitrogens is 1. The zero-order valence-corrected chi connectivity index (χ0v) is 19.0. The number of H-pyrrole nitrogens is 1. The van der Waals surface area contributed by atoms with Crippen LogP contribution in [0, 0.1) is 6.92 Å². The fraction of sp³-hybridized carbons (Fsp3) is 0.423. The lowest BCUT2D eigenvalue weighted by atomic mass is 9.96. The van der Waals surface area contributed by atoms with Gasteiger partial charge in [-0.1, -0.05) is 12.1 Å². The summed E-state index contributed by atoms with van der Waals surface area (Å²) >= 11 is 0. The maximum Gasteiger partial charge on any atom is 0.335 e. The molecule has 1 aromatic heterocycles. The number of rotatable bonds is 5. The predicted octanol–water partition coefficient (Wildman–Crippen LogP) is 4.59. The van der Waals surface area contributed by atoms with Gasteiger partial charge in [0, 0.05) is 60.4 Å². The Morgan fingerprint density at radius 2 is 1.97 bits per heavy atom. The third-order valence-corrected chi connectivity index (χ3v) is 7.46. The molecule has 0 spiro atoms. The van der Waals surface area contributed by atoms with Gasteiger partial charge < -0.3 is 14.8 Å². The molecule has 2 saturated heterocycles. The molecule has 2 aliphatic rings. The molecule has 168 valence electrons. The smallest absolute Gasteiger partial charge is 0.335 e. The van der Waals surface area contributed by atoms with Crippen molar-refractivity contribution in [1.82, 2.24) is 14.8 Å². The maximum atomic E-state index is 11.3. The molecule has 2 aromatic carbocycles. The molecule has 0 bridgehead atoms. The molecule has 6 nitrogen and oxygen atoms in total. The molecule has 3 aromatic rings. The average molecular weight is 434 g/mol. The van der Waals surface area contributed by atoms with Crippen molar-refractivity contribution in [2.24, 2.45) is 0 Å². The van der Waals surface area contributed by atoms with E-state index in [-0.39, 0.29) is 6.04 Å². The molecule has 0 aliphatic carbocycles. The molecule has 0 amide bonds. The van der Waals surface area contributed by atoms with Crippen LogP contribution in [0.5, 0.6) is 5.75 Å². The molecule has 2 aliphatic heterocycles. The minimum absolute atomic E-state index is 0.203. The summed E-state index contributed by atoms with van der Waals surface area (Å²) in [5.74, 6) is 0.0429. The summed E-state index contributed by atoms with van der Waals surface area (Å²) in [5.41, 5.74) is 5.06. The molecule has 0 radical (unpaired) electrons. The van der Waals surface area contributed by atoms with E-state index in [0.717, 1.165) is 30.9 Å². The first-order valence-electron chi connectivity index (χ1n) is 11.4. The highest BCUT2D eigenvalue weighted by Crippen LogP contribution is 2.39. The Hall–Kier alpha value is -2.83. The van der Waals surface area contributed by atoms with E-state index in [4.69, 9.17) is 4.74 Å². The summed E-state index contributed by atoms with van der Waals surface area (Å²) in [6.07, 6.45) is 4.46. The molecule has 6 heteroatoms. The first-order chi connectivity index (χ1) is 15.5. The van der Waals surface area contributed by atoms with E-state index in [1.807, 2.05) is 18.3 Å². The lowest BCUT2D eigenvalue weighted by molar-refractivity contribution is 0.0285. The number of carboxylic acids is 1. The Bertz CT molecular complexity index is 1140. The minimum atomic E-state index is -0.885. The van der Waals surface area contributed by atoms with Crippen LogP contribution >= 0.6 is 0 Å². The van der Waals surface area contributed by atoms with Gasteiger partial charge in [0.2, 0.25) is 0 Å². The Labute approximate surface area is 188 Å². The van der Waals surface area contributed by atoms with Gasteiger partial charge in [-0.05, 0) is 62.1 Å². The fourth-order valence-electron chi connectivity index (χ4n) is 5.69. The summed E-state index contributed by atoms with van der Waals surface area (Å²) in [6.45, 7) is 7.19. The van der Waals surface area contributed by atoms with Crippen molar-refractivity contribution in [2.75, 3.05) is 20.2 Å². The quantitative estimate of drug-likeness (QED) is 0.616. The van der Waals surface area contributed by atoms with Gasteiger partial charge in [-0.25, -0.2) is 4.79 Å². The van der Waals surface area contributed by atoms with Crippen LogP contribution in [-0.4, -0.2) is 58.1 Å². The first-order valence-corrected chi connectivity index (χ1v) is 11.4.